The summed E-state index contributed by atoms with van der Waals surface area (Å²) in [6.45, 7) is 0.284. The largest absolute Gasteiger partial charge is 0.493 e. The minimum atomic E-state index is -0.260. The van der Waals surface area contributed by atoms with Gasteiger partial charge in [-0.05, 0) is 76.7 Å². The smallest absolute Gasteiger partial charge is 0.262 e. The fraction of sp³-hybridized carbons (Fsp3) is 0.143. The Balaban J connectivity index is 1.60. The summed E-state index contributed by atoms with van der Waals surface area (Å²) in [5.74, 6) is 1.51. The number of carbonyl (C=O) groups excluding carboxylic acids is 1. The van der Waals surface area contributed by atoms with Crippen LogP contribution < -0.4 is 19.5 Å². The normalized spacial score (nSPS) is 10.2. The number of pyridine rings is 1. The Kier molecular flexibility index (Phi) is 7.07. The van der Waals surface area contributed by atoms with Gasteiger partial charge in [0.25, 0.3) is 5.91 Å². The van der Waals surface area contributed by atoms with Crippen molar-refractivity contribution in [1.29, 1.82) is 0 Å². The molecule has 0 saturated heterocycles. The van der Waals surface area contributed by atoms with Gasteiger partial charge in [-0.1, -0.05) is 0 Å². The highest BCUT2D eigenvalue weighted by molar-refractivity contribution is 14.1. The van der Waals surface area contributed by atoms with Crippen LogP contribution in [0.25, 0.3) is 0 Å². The number of ether oxygens (including phenoxy) is 3. The zero-order valence-corrected chi connectivity index (χ0v) is 17.4. The molecule has 0 aliphatic rings. The van der Waals surface area contributed by atoms with Gasteiger partial charge in [0.05, 0.1) is 7.11 Å². The highest BCUT2D eigenvalue weighted by Crippen LogP contribution is 2.31. The van der Waals surface area contributed by atoms with Gasteiger partial charge in [-0.15, -0.1) is 0 Å². The van der Waals surface area contributed by atoms with Crippen LogP contribution in [0.1, 0.15) is 5.56 Å². The van der Waals surface area contributed by atoms with Gasteiger partial charge in [0.1, 0.15) is 12.4 Å². The number of nitrogens with zero attached hydrogens (tertiary/aromatic N) is 1. The Morgan fingerprint density at radius 3 is 2.46 bits per heavy atom. The van der Waals surface area contributed by atoms with Gasteiger partial charge in [-0.3, -0.25) is 9.78 Å². The van der Waals surface area contributed by atoms with Crippen molar-refractivity contribution in [2.45, 2.75) is 6.61 Å². The first-order valence-electron chi connectivity index (χ1n) is 8.52. The zero-order valence-electron chi connectivity index (χ0n) is 15.2. The van der Waals surface area contributed by atoms with Crippen molar-refractivity contribution >= 4 is 34.2 Å². The Hall–Kier alpha value is -2.81. The SMILES string of the molecule is COc1ccc(NC(=O)COc2ccc(I)cc2)cc1OCc1ccncc1. The number of nitrogens with one attached hydrogen (secondary N) is 1. The van der Waals surface area contributed by atoms with E-state index >= 15 is 0 Å². The van der Waals surface area contributed by atoms with Gasteiger partial charge in [-0.2, -0.15) is 0 Å². The number of hydrogen-bond acceptors (Lipinski definition) is 5. The van der Waals surface area contributed by atoms with E-state index in [1.165, 1.54) is 0 Å². The minimum absolute atomic E-state index is 0.0835. The van der Waals surface area contributed by atoms with Crippen LogP contribution in [-0.4, -0.2) is 24.6 Å². The highest BCUT2D eigenvalue weighted by atomic mass is 127. The van der Waals surface area contributed by atoms with Crippen LogP contribution in [0.3, 0.4) is 0 Å². The van der Waals surface area contributed by atoms with E-state index < -0.39 is 0 Å². The summed E-state index contributed by atoms with van der Waals surface area (Å²) in [6, 6.07) is 16.5. The predicted molar refractivity (Wildman–Crippen MR) is 115 cm³/mol. The molecule has 3 aromatic rings. The molecule has 0 aliphatic carbocycles. The quantitative estimate of drug-likeness (QED) is 0.478. The van der Waals surface area contributed by atoms with Gasteiger partial charge in [0, 0.05) is 27.7 Å². The van der Waals surface area contributed by atoms with Crippen LogP contribution in [0.2, 0.25) is 0 Å². The molecule has 0 atom stereocenters. The van der Waals surface area contributed by atoms with Crippen molar-refractivity contribution in [1.82, 2.24) is 4.98 Å². The number of amides is 1. The molecule has 0 fully saturated rings. The Morgan fingerprint density at radius 2 is 1.75 bits per heavy atom. The average molecular weight is 490 g/mol. The molecule has 1 aromatic heterocycles. The predicted octanol–water partition coefficient (Wildman–Crippen LogP) is 4.29. The van der Waals surface area contributed by atoms with E-state index in [9.17, 15) is 4.79 Å². The maximum atomic E-state index is 12.2. The van der Waals surface area contributed by atoms with Crippen LogP contribution in [0.5, 0.6) is 17.2 Å². The lowest BCUT2D eigenvalue weighted by Gasteiger charge is -2.13. The van der Waals surface area contributed by atoms with Gasteiger partial charge in [0.15, 0.2) is 18.1 Å². The summed E-state index contributed by atoms with van der Waals surface area (Å²) < 4.78 is 17.8. The van der Waals surface area contributed by atoms with Crippen molar-refractivity contribution < 1.29 is 19.0 Å². The number of rotatable bonds is 8. The standard InChI is InChI=1S/C21H19IN2O4/c1-26-19-7-4-17(12-20(19)28-13-15-8-10-23-11-9-15)24-21(25)14-27-18-5-2-16(22)3-6-18/h2-12H,13-14H2,1H3,(H,24,25). The van der Waals surface area contributed by atoms with E-state index in [2.05, 4.69) is 32.9 Å². The molecule has 0 radical (unpaired) electrons. The summed E-state index contributed by atoms with van der Waals surface area (Å²) in [7, 11) is 1.57. The lowest BCUT2D eigenvalue weighted by atomic mass is 10.2. The summed E-state index contributed by atoms with van der Waals surface area (Å²) in [5, 5.41) is 2.80. The van der Waals surface area contributed by atoms with E-state index in [0.717, 1.165) is 9.13 Å². The van der Waals surface area contributed by atoms with Gasteiger partial charge in [-0.25, -0.2) is 0 Å². The van der Waals surface area contributed by atoms with Crippen molar-refractivity contribution in [3.63, 3.8) is 0 Å². The van der Waals surface area contributed by atoms with Crippen molar-refractivity contribution in [2.75, 3.05) is 19.0 Å². The number of benzene rings is 2. The first kappa shape index (κ1) is 19.9. The third-order valence-electron chi connectivity index (χ3n) is 3.77. The number of halogens is 1. The third-order valence-corrected chi connectivity index (χ3v) is 4.49. The molecule has 0 bridgehead atoms. The molecule has 3 rings (SSSR count). The minimum Gasteiger partial charge on any atom is -0.493 e. The average Bonchev–Trinajstić information content (AvgIpc) is 2.73. The maximum Gasteiger partial charge on any atom is 0.262 e. The monoisotopic (exact) mass is 490 g/mol. The van der Waals surface area contributed by atoms with Crippen LogP contribution in [0.4, 0.5) is 5.69 Å². The van der Waals surface area contributed by atoms with Crippen LogP contribution in [-0.2, 0) is 11.4 Å². The summed E-state index contributed by atoms with van der Waals surface area (Å²) in [4.78, 5) is 16.2. The van der Waals surface area contributed by atoms with Gasteiger partial charge < -0.3 is 19.5 Å². The second-order valence-corrected chi connectivity index (χ2v) is 7.05. The molecule has 6 nitrogen and oxygen atoms in total. The number of aromatic nitrogens is 1. The van der Waals surface area contributed by atoms with Crippen LogP contribution in [0.15, 0.2) is 67.0 Å². The van der Waals surface area contributed by atoms with Crippen molar-refractivity contribution in [3.8, 4) is 17.2 Å². The molecular formula is C21H19IN2O4. The number of hydrogen-bond donors (Lipinski definition) is 1. The van der Waals surface area contributed by atoms with Crippen molar-refractivity contribution in [3.05, 3.63) is 76.1 Å². The molecule has 2 aromatic carbocycles. The Labute approximate surface area is 177 Å². The first-order chi connectivity index (χ1) is 13.6. The first-order valence-corrected chi connectivity index (χ1v) is 9.60. The number of anilines is 1. The van der Waals surface area contributed by atoms with Crippen molar-refractivity contribution in [2.24, 2.45) is 0 Å². The maximum absolute atomic E-state index is 12.2. The number of methoxy groups -OCH3 is 1. The van der Waals surface area contributed by atoms with Crippen LogP contribution in [0, 0.1) is 3.57 Å². The zero-order chi connectivity index (χ0) is 19.8. The fourth-order valence-electron chi connectivity index (χ4n) is 2.38. The van der Waals surface area contributed by atoms with E-state index in [0.29, 0.717) is 29.5 Å². The molecule has 7 heteroatoms. The molecule has 28 heavy (non-hydrogen) atoms. The summed E-state index contributed by atoms with van der Waals surface area (Å²) >= 11 is 2.21. The van der Waals surface area contributed by atoms with Gasteiger partial charge in [0.2, 0.25) is 0 Å². The molecule has 1 N–H and O–H groups in total. The third kappa shape index (κ3) is 5.85. The van der Waals surface area contributed by atoms with E-state index in [-0.39, 0.29) is 12.5 Å². The second-order valence-electron chi connectivity index (χ2n) is 5.80. The molecule has 1 amide bonds. The lowest BCUT2D eigenvalue weighted by molar-refractivity contribution is -0.118. The number of carbonyl (C=O) groups is 1. The fourth-order valence-corrected chi connectivity index (χ4v) is 2.74. The molecule has 1 heterocycles. The second kappa shape index (κ2) is 9.93. The summed E-state index contributed by atoms with van der Waals surface area (Å²) in [5.41, 5.74) is 1.58. The molecule has 0 aliphatic heterocycles. The molecular weight excluding hydrogens is 471 g/mol. The van der Waals surface area contributed by atoms with Crippen LogP contribution >= 0.6 is 22.6 Å². The molecule has 144 valence electrons. The molecule has 0 spiro atoms. The molecule has 0 unspecified atom stereocenters. The van der Waals surface area contributed by atoms with E-state index in [1.54, 1.807) is 37.7 Å². The van der Waals surface area contributed by atoms with E-state index in [1.807, 2.05) is 36.4 Å². The van der Waals surface area contributed by atoms with Gasteiger partial charge >= 0.3 is 0 Å². The Bertz CT molecular complexity index is 917. The highest BCUT2D eigenvalue weighted by Gasteiger charge is 2.09. The topological polar surface area (TPSA) is 69.7 Å². The molecule has 0 saturated carbocycles. The lowest BCUT2D eigenvalue weighted by Crippen LogP contribution is -2.20. The summed E-state index contributed by atoms with van der Waals surface area (Å²) in [6.07, 6.45) is 3.42. The Morgan fingerprint density at radius 1 is 1.00 bits per heavy atom. The van der Waals surface area contributed by atoms with E-state index in [4.69, 9.17) is 14.2 Å².